The van der Waals surface area contributed by atoms with Crippen molar-refractivity contribution >= 4 is 17.5 Å². The van der Waals surface area contributed by atoms with E-state index in [1.165, 1.54) is 0 Å². The number of rotatable bonds is 6. The van der Waals surface area contributed by atoms with Crippen LogP contribution in [0.25, 0.3) is 0 Å². The Kier molecular flexibility index (Phi) is 4.19. The van der Waals surface area contributed by atoms with Crippen LogP contribution < -0.4 is 16.0 Å². The topological polar surface area (TPSA) is 78.9 Å². The number of aromatic nitrogens is 2. The number of nitrogens with zero attached hydrogens (tertiary/aromatic N) is 2. The van der Waals surface area contributed by atoms with E-state index in [0.717, 1.165) is 35.9 Å². The zero-order valence-corrected chi connectivity index (χ0v) is 11.7. The lowest BCUT2D eigenvalue weighted by atomic mass is 10.3. The molecule has 1 aliphatic carbocycles. The highest BCUT2D eigenvalue weighted by Gasteiger charge is 2.28. The third-order valence-corrected chi connectivity index (χ3v) is 3.16. The second-order valence-corrected chi connectivity index (χ2v) is 4.84. The molecular formula is C13H21N5O. The molecule has 6 nitrogen and oxygen atoms in total. The van der Waals surface area contributed by atoms with Gasteiger partial charge in [-0.05, 0) is 26.7 Å². The number of carbonyl (C=O) groups excluding carboxylic acids is 1. The monoisotopic (exact) mass is 263 g/mol. The summed E-state index contributed by atoms with van der Waals surface area (Å²) in [6.07, 6.45) is 2.07. The van der Waals surface area contributed by atoms with Crippen LogP contribution in [-0.4, -0.2) is 36.0 Å². The van der Waals surface area contributed by atoms with Crippen LogP contribution in [0.15, 0.2) is 0 Å². The molecule has 19 heavy (non-hydrogen) atoms. The number of hydrogen-bond acceptors (Lipinski definition) is 5. The van der Waals surface area contributed by atoms with Gasteiger partial charge >= 0.3 is 0 Å². The van der Waals surface area contributed by atoms with Gasteiger partial charge in [0.15, 0.2) is 0 Å². The molecule has 2 rings (SSSR count). The van der Waals surface area contributed by atoms with Crippen molar-refractivity contribution in [3.05, 3.63) is 11.4 Å². The molecule has 0 aromatic carbocycles. The van der Waals surface area contributed by atoms with Crippen molar-refractivity contribution in [3.8, 4) is 0 Å². The minimum Gasteiger partial charge on any atom is -0.373 e. The van der Waals surface area contributed by atoms with E-state index in [-0.39, 0.29) is 11.8 Å². The van der Waals surface area contributed by atoms with Gasteiger partial charge in [-0.25, -0.2) is 9.97 Å². The van der Waals surface area contributed by atoms with Crippen LogP contribution in [-0.2, 0) is 4.79 Å². The first kappa shape index (κ1) is 13.6. The molecule has 1 heterocycles. The van der Waals surface area contributed by atoms with Gasteiger partial charge in [0.25, 0.3) is 0 Å². The van der Waals surface area contributed by atoms with Crippen LogP contribution in [0, 0.1) is 19.8 Å². The molecule has 1 fully saturated rings. The highest BCUT2D eigenvalue weighted by molar-refractivity contribution is 5.80. The lowest BCUT2D eigenvalue weighted by Gasteiger charge is -2.12. The minimum atomic E-state index is 0.174. The van der Waals surface area contributed by atoms with Crippen molar-refractivity contribution in [1.82, 2.24) is 15.3 Å². The van der Waals surface area contributed by atoms with Crippen LogP contribution in [0.2, 0.25) is 0 Å². The summed E-state index contributed by atoms with van der Waals surface area (Å²) >= 11 is 0. The van der Waals surface area contributed by atoms with Crippen molar-refractivity contribution in [2.24, 2.45) is 5.92 Å². The maximum Gasteiger partial charge on any atom is 0.223 e. The molecule has 0 spiro atoms. The van der Waals surface area contributed by atoms with E-state index in [4.69, 9.17) is 0 Å². The Hall–Kier alpha value is -1.85. The summed E-state index contributed by atoms with van der Waals surface area (Å²) in [4.78, 5) is 20.1. The van der Waals surface area contributed by atoms with Gasteiger partial charge in [0.05, 0.1) is 0 Å². The average molecular weight is 263 g/mol. The molecule has 1 aliphatic rings. The molecule has 0 unspecified atom stereocenters. The zero-order valence-electron chi connectivity index (χ0n) is 11.7. The number of amides is 1. The molecule has 0 bridgehead atoms. The third-order valence-electron chi connectivity index (χ3n) is 3.16. The van der Waals surface area contributed by atoms with Gasteiger partial charge in [-0.1, -0.05) is 0 Å². The Morgan fingerprint density at radius 1 is 1.21 bits per heavy atom. The summed E-state index contributed by atoms with van der Waals surface area (Å²) in [5.41, 5.74) is 0.988. The van der Waals surface area contributed by atoms with Gasteiger partial charge in [-0.2, -0.15) is 0 Å². The molecule has 104 valence electrons. The third kappa shape index (κ3) is 3.56. The number of anilines is 2. The van der Waals surface area contributed by atoms with E-state index in [9.17, 15) is 4.79 Å². The highest BCUT2D eigenvalue weighted by atomic mass is 16.2. The SMILES string of the molecule is CNc1nc(C)nc(NCCNC(=O)C2CC2)c1C. The molecule has 6 heteroatoms. The first-order valence-electron chi connectivity index (χ1n) is 6.66. The standard InChI is InChI=1S/C13H21N5O/c1-8-11(14-3)17-9(2)18-12(8)15-6-7-16-13(19)10-4-5-10/h10H,4-7H2,1-3H3,(H,16,19)(H2,14,15,17,18). The van der Waals surface area contributed by atoms with E-state index in [1.54, 1.807) is 0 Å². The fourth-order valence-corrected chi connectivity index (χ4v) is 1.90. The molecule has 1 aromatic rings. The molecule has 0 atom stereocenters. The fourth-order valence-electron chi connectivity index (χ4n) is 1.90. The normalized spacial score (nSPS) is 14.1. The Balaban J connectivity index is 1.84. The van der Waals surface area contributed by atoms with Crippen LogP contribution in [0.1, 0.15) is 24.2 Å². The number of nitrogens with one attached hydrogen (secondary N) is 3. The maximum atomic E-state index is 11.5. The predicted molar refractivity (Wildman–Crippen MR) is 75.3 cm³/mol. The number of aryl methyl sites for hydroxylation is 1. The Morgan fingerprint density at radius 2 is 1.89 bits per heavy atom. The lowest BCUT2D eigenvalue weighted by Crippen LogP contribution is -2.30. The van der Waals surface area contributed by atoms with E-state index in [2.05, 4.69) is 25.9 Å². The molecule has 3 N–H and O–H groups in total. The van der Waals surface area contributed by atoms with Gasteiger partial charge < -0.3 is 16.0 Å². The summed E-state index contributed by atoms with van der Waals surface area (Å²) < 4.78 is 0. The van der Waals surface area contributed by atoms with Crippen LogP contribution in [0.4, 0.5) is 11.6 Å². The number of hydrogen-bond donors (Lipinski definition) is 3. The van der Waals surface area contributed by atoms with E-state index in [0.29, 0.717) is 13.1 Å². The minimum absolute atomic E-state index is 0.174. The van der Waals surface area contributed by atoms with Crippen molar-refractivity contribution in [3.63, 3.8) is 0 Å². The van der Waals surface area contributed by atoms with E-state index in [1.807, 2.05) is 20.9 Å². The Bertz CT molecular complexity index is 470. The lowest BCUT2D eigenvalue weighted by molar-refractivity contribution is -0.122. The van der Waals surface area contributed by atoms with Crippen LogP contribution in [0.5, 0.6) is 0 Å². The van der Waals surface area contributed by atoms with Crippen molar-refractivity contribution in [2.75, 3.05) is 30.8 Å². The molecule has 0 radical (unpaired) electrons. The molecule has 1 saturated carbocycles. The average Bonchev–Trinajstić information content (AvgIpc) is 3.22. The largest absolute Gasteiger partial charge is 0.373 e. The quantitative estimate of drug-likeness (QED) is 0.669. The Labute approximate surface area is 113 Å². The van der Waals surface area contributed by atoms with Crippen LogP contribution >= 0.6 is 0 Å². The van der Waals surface area contributed by atoms with Gasteiger partial charge in [0, 0.05) is 31.6 Å². The summed E-state index contributed by atoms with van der Waals surface area (Å²) in [5.74, 6) is 2.81. The summed E-state index contributed by atoms with van der Waals surface area (Å²) in [7, 11) is 1.84. The van der Waals surface area contributed by atoms with Gasteiger partial charge in [-0.15, -0.1) is 0 Å². The first-order chi connectivity index (χ1) is 9.11. The van der Waals surface area contributed by atoms with Crippen molar-refractivity contribution in [1.29, 1.82) is 0 Å². The second-order valence-electron chi connectivity index (χ2n) is 4.84. The molecule has 0 saturated heterocycles. The summed E-state index contributed by atoms with van der Waals surface area (Å²) in [6.45, 7) is 5.11. The number of carbonyl (C=O) groups is 1. The summed E-state index contributed by atoms with van der Waals surface area (Å²) in [5, 5.41) is 9.20. The highest BCUT2D eigenvalue weighted by Crippen LogP contribution is 2.28. The van der Waals surface area contributed by atoms with Gasteiger partial charge in [-0.3, -0.25) is 4.79 Å². The van der Waals surface area contributed by atoms with Gasteiger partial charge in [0.2, 0.25) is 5.91 Å². The molecule has 1 amide bonds. The van der Waals surface area contributed by atoms with Crippen molar-refractivity contribution in [2.45, 2.75) is 26.7 Å². The smallest absolute Gasteiger partial charge is 0.223 e. The van der Waals surface area contributed by atoms with Crippen LogP contribution in [0.3, 0.4) is 0 Å². The fraction of sp³-hybridized carbons (Fsp3) is 0.615. The first-order valence-corrected chi connectivity index (χ1v) is 6.66. The predicted octanol–water partition coefficient (Wildman–Crippen LogP) is 1.07. The van der Waals surface area contributed by atoms with Gasteiger partial charge in [0.1, 0.15) is 17.5 Å². The van der Waals surface area contributed by atoms with E-state index >= 15 is 0 Å². The van der Waals surface area contributed by atoms with Crippen molar-refractivity contribution < 1.29 is 4.79 Å². The summed E-state index contributed by atoms with van der Waals surface area (Å²) in [6, 6.07) is 0. The second kappa shape index (κ2) is 5.86. The molecule has 1 aromatic heterocycles. The Morgan fingerprint density at radius 3 is 2.53 bits per heavy atom. The maximum absolute atomic E-state index is 11.5. The van der Waals surface area contributed by atoms with E-state index < -0.39 is 0 Å². The zero-order chi connectivity index (χ0) is 13.8. The molecule has 0 aliphatic heterocycles. The molecular weight excluding hydrogens is 242 g/mol.